The predicted molar refractivity (Wildman–Crippen MR) is 81.5 cm³/mol. The lowest BCUT2D eigenvalue weighted by molar-refractivity contribution is 0.0662. The Morgan fingerprint density at radius 3 is 3.14 bits per heavy atom. The molecule has 1 N–H and O–H groups in total. The van der Waals surface area contributed by atoms with Gasteiger partial charge in [0.1, 0.15) is 5.82 Å². The largest absolute Gasteiger partial charge is 0.351 e. The number of aromatic nitrogens is 3. The number of hydrogen-bond acceptors (Lipinski definition) is 4. The fourth-order valence-electron chi connectivity index (χ4n) is 2.97. The quantitative estimate of drug-likeness (QED) is 0.942. The van der Waals surface area contributed by atoms with Gasteiger partial charge in [0.05, 0.1) is 5.69 Å². The SMILES string of the molecule is CC(C)Cc1cc(C(=O)N2CCC[C@@H](c3ncc[nH]3)C2)on1. The molecule has 3 rings (SSSR count). The summed E-state index contributed by atoms with van der Waals surface area (Å²) in [6.45, 7) is 5.67. The molecule has 1 fully saturated rings. The third-order valence-electron chi connectivity index (χ3n) is 4.00. The summed E-state index contributed by atoms with van der Waals surface area (Å²) in [6, 6.07) is 1.78. The molecule has 1 aliphatic rings. The van der Waals surface area contributed by atoms with E-state index in [0.29, 0.717) is 18.2 Å². The van der Waals surface area contributed by atoms with E-state index in [1.807, 2.05) is 11.1 Å². The van der Waals surface area contributed by atoms with E-state index in [-0.39, 0.29) is 11.8 Å². The van der Waals surface area contributed by atoms with Gasteiger partial charge in [-0.3, -0.25) is 4.79 Å². The van der Waals surface area contributed by atoms with Crippen molar-refractivity contribution in [1.29, 1.82) is 0 Å². The second-order valence-electron chi connectivity index (χ2n) is 6.35. The van der Waals surface area contributed by atoms with Crippen LogP contribution in [0.25, 0.3) is 0 Å². The molecule has 0 aliphatic carbocycles. The standard InChI is InChI=1S/C16H22N4O2/c1-11(2)8-13-9-14(22-19-13)16(21)20-7-3-4-12(10-20)15-17-5-6-18-15/h5-6,9,11-12H,3-4,7-8,10H2,1-2H3,(H,17,18)/t12-/m1/s1. The molecule has 1 amide bonds. The van der Waals surface area contributed by atoms with E-state index in [9.17, 15) is 4.79 Å². The number of hydrogen-bond donors (Lipinski definition) is 1. The Morgan fingerprint density at radius 1 is 1.55 bits per heavy atom. The van der Waals surface area contributed by atoms with Gasteiger partial charge in [0.25, 0.3) is 5.91 Å². The number of H-pyrrole nitrogens is 1. The highest BCUT2D eigenvalue weighted by atomic mass is 16.5. The Kier molecular flexibility index (Phi) is 4.27. The van der Waals surface area contributed by atoms with Crippen molar-refractivity contribution in [2.75, 3.05) is 13.1 Å². The summed E-state index contributed by atoms with van der Waals surface area (Å²) in [6.07, 6.45) is 6.43. The number of piperidine rings is 1. The van der Waals surface area contributed by atoms with Crippen LogP contribution in [0, 0.1) is 5.92 Å². The number of nitrogens with zero attached hydrogens (tertiary/aromatic N) is 3. The van der Waals surface area contributed by atoms with E-state index in [2.05, 4.69) is 29.0 Å². The molecular formula is C16H22N4O2. The minimum absolute atomic E-state index is 0.0706. The Balaban J connectivity index is 1.67. The Morgan fingerprint density at radius 2 is 2.41 bits per heavy atom. The highest BCUT2D eigenvalue weighted by Crippen LogP contribution is 2.25. The molecule has 0 saturated carbocycles. The number of rotatable bonds is 4. The number of likely N-dealkylation sites (tertiary alicyclic amines) is 1. The molecule has 2 aromatic heterocycles. The van der Waals surface area contributed by atoms with Crippen molar-refractivity contribution in [3.63, 3.8) is 0 Å². The predicted octanol–water partition coefficient (Wildman–Crippen LogP) is 2.62. The smallest absolute Gasteiger partial charge is 0.292 e. The molecule has 118 valence electrons. The third kappa shape index (κ3) is 3.21. The van der Waals surface area contributed by atoms with Crippen LogP contribution in [0.1, 0.15) is 54.7 Å². The zero-order chi connectivity index (χ0) is 15.5. The fourth-order valence-corrected chi connectivity index (χ4v) is 2.97. The minimum atomic E-state index is -0.0706. The van der Waals surface area contributed by atoms with Gasteiger partial charge in [0.2, 0.25) is 5.76 Å². The number of aromatic amines is 1. The molecule has 0 radical (unpaired) electrons. The van der Waals surface area contributed by atoms with Crippen LogP contribution in [0.3, 0.4) is 0 Å². The first-order valence-corrected chi connectivity index (χ1v) is 7.87. The van der Waals surface area contributed by atoms with E-state index < -0.39 is 0 Å². The number of nitrogens with one attached hydrogen (secondary N) is 1. The van der Waals surface area contributed by atoms with Gasteiger partial charge in [-0.2, -0.15) is 0 Å². The lowest BCUT2D eigenvalue weighted by Gasteiger charge is -2.31. The maximum absolute atomic E-state index is 12.6. The first-order valence-electron chi connectivity index (χ1n) is 7.87. The summed E-state index contributed by atoms with van der Waals surface area (Å²) in [5.41, 5.74) is 0.845. The summed E-state index contributed by atoms with van der Waals surface area (Å²) in [5, 5.41) is 4.00. The molecule has 0 spiro atoms. The lowest BCUT2D eigenvalue weighted by atomic mass is 9.97. The summed E-state index contributed by atoms with van der Waals surface area (Å²) in [7, 11) is 0. The van der Waals surface area contributed by atoms with Crippen LogP contribution < -0.4 is 0 Å². The Bertz CT molecular complexity index is 618. The number of carbonyl (C=O) groups is 1. The molecule has 3 heterocycles. The maximum Gasteiger partial charge on any atom is 0.292 e. The molecule has 22 heavy (non-hydrogen) atoms. The van der Waals surface area contributed by atoms with Gasteiger partial charge in [0.15, 0.2) is 0 Å². The van der Waals surface area contributed by atoms with Crippen molar-refractivity contribution in [2.24, 2.45) is 5.92 Å². The van der Waals surface area contributed by atoms with E-state index in [1.165, 1.54) is 0 Å². The molecule has 0 unspecified atom stereocenters. The van der Waals surface area contributed by atoms with E-state index in [4.69, 9.17) is 4.52 Å². The van der Waals surface area contributed by atoms with Gasteiger partial charge in [-0.25, -0.2) is 4.98 Å². The number of carbonyl (C=O) groups excluding carboxylic acids is 1. The van der Waals surface area contributed by atoms with Gasteiger partial charge in [0, 0.05) is 37.5 Å². The Labute approximate surface area is 129 Å². The molecule has 1 saturated heterocycles. The monoisotopic (exact) mass is 302 g/mol. The molecular weight excluding hydrogens is 280 g/mol. The average Bonchev–Trinajstić information content (AvgIpc) is 3.17. The number of amides is 1. The summed E-state index contributed by atoms with van der Waals surface area (Å²) < 4.78 is 5.24. The van der Waals surface area contributed by atoms with E-state index in [0.717, 1.165) is 37.3 Å². The summed E-state index contributed by atoms with van der Waals surface area (Å²) >= 11 is 0. The first-order chi connectivity index (χ1) is 10.6. The van der Waals surface area contributed by atoms with Crippen LogP contribution in [-0.4, -0.2) is 39.0 Å². The highest BCUT2D eigenvalue weighted by molar-refractivity contribution is 5.91. The van der Waals surface area contributed by atoms with Gasteiger partial charge in [-0.15, -0.1) is 0 Å². The van der Waals surface area contributed by atoms with Crippen LogP contribution in [0.5, 0.6) is 0 Å². The van der Waals surface area contributed by atoms with Crippen molar-refractivity contribution in [1.82, 2.24) is 20.0 Å². The second kappa shape index (κ2) is 6.34. The van der Waals surface area contributed by atoms with E-state index in [1.54, 1.807) is 12.3 Å². The van der Waals surface area contributed by atoms with Gasteiger partial charge < -0.3 is 14.4 Å². The molecule has 1 atom stereocenters. The van der Waals surface area contributed by atoms with Crippen LogP contribution in [-0.2, 0) is 6.42 Å². The van der Waals surface area contributed by atoms with Crippen molar-refractivity contribution >= 4 is 5.91 Å². The summed E-state index contributed by atoms with van der Waals surface area (Å²) in [5.74, 6) is 1.99. The molecule has 1 aliphatic heterocycles. The van der Waals surface area contributed by atoms with Crippen molar-refractivity contribution in [3.05, 3.63) is 35.7 Å². The van der Waals surface area contributed by atoms with Gasteiger partial charge >= 0.3 is 0 Å². The molecule has 0 aromatic carbocycles. The molecule has 6 nitrogen and oxygen atoms in total. The van der Waals surface area contributed by atoms with Crippen molar-refractivity contribution in [3.8, 4) is 0 Å². The third-order valence-corrected chi connectivity index (χ3v) is 4.00. The van der Waals surface area contributed by atoms with Crippen molar-refractivity contribution < 1.29 is 9.32 Å². The normalized spacial score (nSPS) is 18.9. The maximum atomic E-state index is 12.6. The summed E-state index contributed by atoms with van der Waals surface area (Å²) in [4.78, 5) is 21.9. The zero-order valence-corrected chi connectivity index (χ0v) is 13.1. The van der Waals surface area contributed by atoms with Crippen LogP contribution >= 0.6 is 0 Å². The molecule has 6 heteroatoms. The molecule has 2 aromatic rings. The zero-order valence-electron chi connectivity index (χ0n) is 13.1. The van der Waals surface area contributed by atoms with E-state index >= 15 is 0 Å². The van der Waals surface area contributed by atoms with Crippen LogP contribution in [0.2, 0.25) is 0 Å². The van der Waals surface area contributed by atoms with Crippen LogP contribution in [0.15, 0.2) is 23.0 Å². The average molecular weight is 302 g/mol. The number of imidazole rings is 1. The highest BCUT2D eigenvalue weighted by Gasteiger charge is 2.28. The fraction of sp³-hybridized carbons (Fsp3) is 0.562. The van der Waals surface area contributed by atoms with Gasteiger partial charge in [-0.05, 0) is 25.2 Å². The van der Waals surface area contributed by atoms with Crippen LogP contribution in [0.4, 0.5) is 0 Å². The van der Waals surface area contributed by atoms with Crippen molar-refractivity contribution in [2.45, 2.75) is 39.0 Å². The molecule has 0 bridgehead atoms. The topological polar surface area (TPSA) is 75.0 Å². The Hall–Kier alpha value is -2.11. The lowest BCUT2D eigenvalue weighted by Crippen LogP contribution is -2.39. The second-order valence-corrected chi connectivity index (χ2v) is 6.35. The minimum Gasteiger partial charge on any atom is -0.351 e. The first kappa shape index (κ1) is 14.8. The van der Waals surface area contributed by atoms with Gasteiger partial charge in [-0.1, -0.05) is 19.0 Å².